The second kappa shape index (κ2) is 12.6. The number of hydrogen-bond donors (Lipinski definition) is 2. The van der Waals surface area contributed by atoms with E-state index in [2.05, 4.69) is 10.3 Å². The summed E-state index contributed by atoms with van der Waals surface area (Å²) in [6.07, 6.45) is 2.50. The van der Waals surface area contributed by atoms with Gasteiger partial charge in [0.2, 0.25) is 11.9 Å². The molecule has 1 saturated heterocycles. The number of aromatic nitrogens is 2. The van der Waals surface area contributed by atoms with Crippen LogP contribution in [-0.2, 0) is 9.53 Å². The van der Waals surface area contributed by atoms with Gasteiger partial charge in [0.05, 0.1) is 23.0 Å². The van der Waals surface area contributed by atoms with Crippen LogP contribution in [0.15, 0.2) is 48.7 Å². The van der Waals surface area contributed by atoms with Gasteiger partial charge in [-0.15, -0.1) is 0 Å². The molecule has 2 N–H and O–H groups in total. The number of nitrogens with zero attached hydrogens (tertiary/aromatic N) is 5. The van der Waals surface area contributed by atoms with Gasteiger partial charge in [0.1, 0.15) is 6.54 Å². The first-order valence-electron chi connectivity index (χ1n) is 15.6. The maximum atomic E-state index is 14.1. The van der Waals surface area contributed by atoms with Crippen molar-refractivity contribution in [1.29, 1.82) is 0 Å². The van der Waals surface area contributed by atoms with Crippen LogP contribution in [0.25, 0.3) is 11.3 Å². The van der Waals surface area contributed by atoms with Crippen LogP contribution in [-0.4, -0.2) is 92.4 Å². The topological polar surface area (TPSA) is 128 Å². The summed E-state index contributed by atoms with van der Waals surface area (Å²) < 4.78 is 5.45. The molecule has 4 heterocycles. The Hall–Kier alpha value is -4.06. The number of halogens is 1. The van der Waals surface area contributed by atoms with E-state index in [9.17, 15) is 19.5 Å². The van der Waals surface area contributed by atoms with E-state index in [0.717, 1.165) is 18.4 Å². The number of rotatable bonds is 8. The highest BCUT2D eigenvalue weighted by molar-refractivity contribution is 6.33. The molecule has 0 radical (unpaired) electrons. The van der Waals surface area contributed by atoms with Crippen LogP contribution in [0.3, 0.4) is 0 Å². The fourth-order valence-electron chi connectivity index (χ4n) is 6.26. The molecule has 3 amide bonds. The van der Waals surface area contributed by atoms with E-state index in [1.165, 1.54) is 4.90 Å². The Labute approximate surface area is 273 Å². The molecule has 242 valence electrons. The zero-order chi connectivity index (χ0) is 32.7. The summed E-state index contributed by atoms with van der Waals surface area (Å²) in [7, 11) is 1.72. The minimum Gasteiger partial charge on any atom is -0.381 e. The van der Waals surface area contributed by atoms with Crippen molar-refractivity contribution >= 4 is 35.3 Å². The molecule has 2 aromatic carbocycles. The molecule has 0 bridgehead atoms. The second-order valence-electron chi connectivity index (χ2n) is 13.0. The standard InChI is InChI=1S/C34H39ClN6O5/c1-34(2,3)39(4)28(42)19-41-27(11-14-40-30(43)23-7-5-6-8-24(23)31(40)44)22-10-9-20(17-25(22)32(41)45)29-26(35)18-36-33(38-29)37-21-12-15-46-16-13-21/h5-10,17-18,21,27,30,43H,11-16,19H2,1-4H3,(H,36,37,38). The number of hydrogen-bond acceptors (Lipinski definition) is 8. The number of benzene rings is 2. The van der Waals surface area contributed by atoms with Crippen LogP contribution in [0, 0.1) is 0 Å². The molecule has 2 atom stereocenters. The second-order valence-corrected chi connectivity index (χ2v) is 13.5. The molecule has 0 aliphatic carbocycles. The molecule has 6 rings (SSSR count). The van der Waals surface area contributed by atoms with Gasteiger partial charge in [0.25, 0.3) is 11.8 Å². The lowest BCUT2D eigenvalue weighted by Gasteiger charge is -2.35. The predicted molar refractivity (Wildman–Crippen MR) is 173 cm³/mol. The predicted octanol–water partition coefficient (Wildman–Crippen LogP) is 4.68. The smallest absolute Gasteiger partial charge is 0.256 e. The summed E-state index contributed by atoms with van der Waals surface area (Å²) in [6, 6.07) is 12.2. The third-order valence-corrected chi connectivity index (χ3v) is 9.48. The van der Waals surface area contributed by atoms with Crippen molar-refractivity contribution in [3.63, 3.8) is 0 Å². The van der Waals surface area contributed by atoms with Crippen LogP contribution in [0.1, 0.15) is 84.1 Å². The number of aliphatic hydroxyl groups excluding tert-OH is 1. The molecule has 0 spiro atoms. The first-order chi connectivity index (χ1) is 21.9. The van der Waals surface area contributed by atoms with Crippen molar-refractivity contribution in [2.24, 2.45) is 0 Å². The maximum Gasteiger partial charge on any atom is 0.256 e. The summed E-state index contributed by atoms with van der Waals surface area (Å²) in [5.41, 5.74) is 2.91. The van der Waals surface area contributed by atoms with E-state index < -0.39 is 17.8 Å². The van der Waals surface area contributed by atoms with E-state index in [1.807, 2.05) is 32.9 Å². The van der Waals surface area contributed by atoms with Gasteiger partial charge in [-0.1, -0.05) is 41.9 Å². The van der Waals surface area contributed by atoms with Gasteiger partial charge < -0.3 is 29.9 Å². The largest absolute Gasteiger partial charge is 0.381 e. The van der Waals surface area contributed by atoms with Crippen LogP contribution in [0.4, 0.5) is 5.95 Å². The Balaban J connectivity index is 1.29. The fourth-order valence-corrected chi connectivity index (χ4v) is 6.46. The van der Waals surface area contributed by atoms with Gasteiger partial charge in [-0.05, 0) is 57.7 Å². The third-order valence-electron chi connectivity index (χ3n) is 9.21. The van der Waals surface area contributed by atoms with E-state index in [-0.39, 0.29) is 36.9 Å². The lowest BCUT2D eigenvalue weighted by Crippen LogP contribution is -2.48. The van der Waals surface area contributed by atoms with E-state index >= 15 is 0 Å². The molecule has 11 nitrogen and oxygen atoms in total. The number of aliphatic hydroxyl groups is 1. The van der Waals surface area contributed by atoms with Gasteiger partial charge >= 0.3 is 0 Å². The molecule has 1 aromatic heterocycles. The maximum absolute atomic E-state index is 14.1. The SMILES string of the molecule is CN(C(=O)CN1C(=O)c2cc(-c3nc(NC4CCOCC4)ncc3Cl)ccc2C1CCN1C(=O)c2ccccc2C1O)C(C)(C)C. The Kier molecular flexibility index (Phi) is 8.75. The first-order valence-corrected chi connectivity index (χ1v) is 16.0. The summed E-state index contributed by atoms with van der Waals surface area (Å²) in [5, 5.41) is 14.7. The summed E-state index contributed by atoms with van der Waals surface area (Å²) in [5.74, 6) is -0.309. The molecule has 12 heteroatoms. The number of ether oxygens (including phenoxy) is 1. The van der Waals surface area contributed by atoms with Crippen molar-refractivity contribution < 1.29 is 24.2 Å². The van der Waals surface area contributed by atoms with Crippen LogP contribution < -0.4 is 5.32 Å². The van der Waals surface area contributed by atoms with Crippen LogP contribution in [0.2, 0.25) is 5.02 Å². The Bertz CT molecular complexity index is 1670. The highest BCUT2D eigenvalue weighted by Crippen LogP contribution is 2.40. The summed E-state index contributed by atoms with van der Waals surface area (Å²) in [6.45, 7) is 7.21. The monoisotopic (exact) mass is 646 g/mol. The van der Waals surface area contributed by atoms with Crippen molar-refractivity contribution in [3.05, 3.63) is 75.9 Å². The Morgan fingerprint density at radius 1 is 1.07 bits per heavy atom. The third kappa shape index (κ3) is 6.06. The number of carbonyl (C=O) groups is 3. The average molecular weight is 647 g/mol. The van der Waals surface area contributed by atoms with E-state index in [4.69, 9.17) is 21.3 Å². The minimum atomic E-state index is -1.08. The molecule has 2 unspecified atom stereocenters. The van der Waals surface area contributed by atoms with Crippen molar-refractivity contribution in [2.45, 2.75) is 63.9 Å². The summed E-state index contributed by atoms with van der Waals surface area (Å²) in [4.78, 5) is 54.3. The Morgan fingerprint density at radius 3 is 2.50 bits per heavy atom. The Morgan fingerprint density at radius 2 is 1.78 bits per heavy atom. The molecule has 3 aliphatic rings. The first kappa shape index (κ1) is 31.9. The lowest BCUT2D eigenvalue weighted by atomic mass is 9.98. The quantitative estimate of drug-likeness (QED) is 0.361. The fraction of sp³-hybridized carbons (Fsp3) is 0.441. The number of fused-ring (bicyclic) bond motifs is 2. The molecule has 3 aromatic rings. The zero-order valence-corrected chi connectivity index (χ0v) is 27.3. The highest BCUT2D eigenvalue weighted by atomic mass is 35.5. The van der Waals surface area contributed by atoms with Crippen molar-refractivity contribution in [3.8, 4) is 11.3 Å². The lowest BCUT2D eigenvalue weighted by molar-refractivity contribution is -0.135. The van der Waals surface area contributed by atoms with Gasteiger partial charge in [0.15, 0.2) is 6.23 Å². The molecular weight excluding hydrogens is 608 g/mol. The molecular formula is C34H39ClN6O5. The number of anilines is 1. The molecule has 0 saturated carbocycles. The van der Waals surface area contributed by atoms with Crippen LogP contribution >= 0.6 is 11.6 Å². The van der Waals surface area contributed by atoms with Crippen molar-refractivity contribution in [2.75, 3.05) is 38.7 Å². The normalized spacial score (nSPS) is 19.8. The van der Waals surface area contributed by atoms with Gasteiger partial charge in [-0.3, -0.25) is 14.4 Å². The zero-order valence-electron chi connectivity index (χ0n) is 26.5. The number of nitrogens with one attached hydrogen (secondary N) is 1. The highest BCUT2D eigenvalue weighted by Gasteiger charge is 2.41. The number of carbonyl (C=O) groups excluding carboxylic acids is 3. The van der Waals surface area contributed by atoms with E-state index in [0.29, 0.717) is 58.6 Å². The number of amides is 3. The molecule has 1 fully saturated rings. The minimum absolute atomic E-state index is 0.133. The molecule has 46 heavy (non-hydrogen) atoms. The number of likely N-dealkylation sites (N-methyl/N-ethyl adjacent to an activating group) is 1. The van der Waals surface area contributed by atoms with Gasteiger partial charge in [0, 0.05) is 60.6 Å². The van der Waals surface area contributed by atoms with Gasteiger partial charge in [-0.2, -0.15) is 0 Å². The van der Waals surface area contributed by atoms with Gasteiger partial charge in [-0.25, -0.2) is 9.97 Å². The summed E-state index contributed by atoms with van der Waals surface area (Å²) >= 11 is 6.57. The molecule has 3 aliphatic heterocycles. The van der Waals surface area contributed by atoms with Crippen LogP contribution in [0.5, 0.6) is 0 Å². The van der Waals surface area contributed by atoms with Crippen molar-refractivity contribution in [1.82, 2.24) is 24.7 Å². The average Bonchev–Trinajstić information content (AvgIpc) is 3.44. The van der Waals surface area contributed by atoms with E-state index in [1.54, 1.807) is 53.4 Å².